The van der Waals surface area contributed by atoms with Gasteiger partial charge in [-0.15, -0.1) is 0 Å². The van der Waals surface area contributed by atoms with Crippen LogP contribution in [0.3, 0.4) is 0 Å². The number of hydrogen-bond donors (Lipinski definition) is 2. The van der Waals surface area contributed by atoms with Gasteiger partial charge in [0.05, 0.1) is 6.07 Å². The summed E-state index contributed by atoms with van der Waals surface area (Å²) in [6, 6.07) is 1.30. The molecule has 0 heterocycles. The van der Waals surface area contributed by atoms with E-state index >= 15 is 0 Å². The van der Waals surface area contributed by atoms with Gasteiger partial charge in [-0.1, -0.05) is 19.3 Å². The zero-order valence-corrected chi connectivity index (χ0v) is 8.76. The molecule has 0 aromatic carbocycles. The van der Waals surface area contributed by atoms with Gasteiger partial charge >= 0.3 is 0 Å². The molecule has 1 aliphatic carbocycles. The van der Waals surface area contributed by atoms with E-state index in [1.165, 1.54) is 6.42 Å². The van der Waals surface area contributed by atoms with E-state index in [9.17, 15) is 8.42 Å². The van der Waals surface area contributed by atoms with Crippen LogP contribution in [0.2, 0.25) is 0 Å². The molecular formula is C8H15N3O2S. The summed E-state index contributed by atoms with van der Waals surface area (Å²) in [6.45, 7) is 0. The second-order valence-electron chi connectivity index (χ2n) is 3.67. The maximum Gasteiger partial charge on any atom is 0.275 e. The summed E-state index contributed by atoms with van der Waals surface area (Å²) in [6.07, 6.45) is 5.11. The van der Waals surface area contributed by atoms with Crippen molar-refractivity contribution in [2.24, 2.45) is 11.1 Å². The van der Waals surface area contributed by atoms with Crippen molar-refractivity contribution in [2.75, 3.05) is 0 Å². The Bertz CT molecular complexity index is 314. The molecule has 0 bridgehead atoms. The van der Waals surface area contributed by atoms with Gasteiger partial charge in [0.25, 0.3) is 10.2 Å². The summed E-state index contributed by atoms with van der Waals surface area (Å²) in [5.41, 5.74) is 0. The van der Waals surface area contributed by atoms with E-state index in [4.69, 9.17) is 10.4 Å². The summed E-state index contributed by atoms with van der Waals surface area (Å²) in [5.74, 6) is 0.118. The topological polar surface area (TPSA) is 96.0 Å². The molecule has 0 aromatic heterocycles. The second-order valence-corrected chi connectivity index (χ2v) is 4.99. The Kier molecular flexibility index (Phi) is 3.86. The highest BCUT2D eigenvalue weighted by molar-refractivity contribution is 7.87. The van der Waals surface area contributed by atoms with Gasteiger partial charge in [0.15, 0.2) is 0 Å². The average molecular weight is 217 g/mol. The molecule has 14 heavy (non-hydrogen) atoms. The third-order valence-electron chi connectivity index (χ3n) is 2.55. The van der Waals surface area contributed by atoms with Crippen molar-refractivity contribution < 1.29 is 8.42 Å². The molecule has 0 spiro atoms. The minimum Gasteiger partial charge on any atom is -0.216 e. The van der Waals surface area contributed by atoms with Crippen molar-refractivity contribution in [1.82, 2.24) is 4.72 Å². The van der Waals surface area contributed by atoms with Gasteiger partial charge in [-0.2, -0.15) is 18.4 Å². The number of nitrogens with one attached hydrogen (secondary N) is 1. The number of nitrogens with two attached hydrogens (primary N) is 1. The fourth-order valence-electron chi connectivity index (χ4n) is 1.87. The van der Waals surface area contributed by atoms with Gasteiger partial charge in [0.2, 0.25) is 0 Å². The Hall–Kier alpha value is -0.640. The van der Waals surface area contributed by atoms with Crippen LogP contribution in [0.15, 0.2) is 0 Å². The van der Waals surface area contributed by atoms with Gasteiger partial charge in [0, 0.05) is 0 Å². The molecule has 0 aliphatic heterocycles. The van der Waals surface area contributed by atoms with Crippen LogP contribution in [0.4, 0.5) is 0 Å². The van der Waals surface area contributed by atoms with Crippen molar-refractivity contribution >= 4 is 10.2 Å². The van der Waals surface area contributed by atoms with Crippen LogP contribution in [0, 0.1) is 17.2 Å². The lowest BCUT2D eigenvalue weighted by molar-refractivity contribution is 0.324. The molecule has 1 saturated carbocycles. The maximum atomic E-state index is 10.8. The Morgan fingerprint density at radius 1 is 1.36 bits per heavy atom. The Balaban J connectivity index is 2.58. The lowest BCUT2D eigenvalue weighted by Gasteiger charge is -2.25. The number of nitriles is 1. The van der Waals surface area contributed by atoms with Crippen molar-refractivity contribution in [1.29, 1.82) is 5.26 Å². The predicted octanol–water partition coefficient (Wildman–Crippen LogP) is 0.252. The molecule has 1 rings (SSSR count). The quantitative estimate of drug-likeness (QED) is 0.709. The van der Waals surface area contributed by atoms with Gasteiger partial charge < -0.3 is 0 Å². The molecule has 1 unspecified atom stereocenters. The lowest BCUT2D eigenvalue weighted by Crippen LogP contribution is -2.43. The van der Waals surface area contributed by atoms with E-state index in [1.807, 2.05) is 6.07 Å². The third-order valence-corrected chi connectivity index (χ3v) is 3.13. The van der Waals surface area contributed by atoms with Gasteiger partial charge in [-0.25, -0.2) is 5.14 Å². The van der Waals surface area contributed by atoms with Gasteiger partial charge in [0.1, 0.15) is 6.04 Å². The molecule has 1 atom stereocenters. The lowest BCUT2D eigenvalue weighted by atomic mass is 9.85. The first-order valence-electron chi connectivity index (χ1n) is 4.72. The van der Waals surface area contributed by atoms with E-state index in [1.54, 1.807) is 0 Å². The van der Waals surface area contributed by atoms with Gasteiger partial charge in [-0.3, -0.25) is 0 Å². The second kappa shape index (κ2) is 4.73. The molecule has 1 fully saturated rings. The molecule has 0 saturated heterocycles. The highest BCUT2D eigenvalue weighted by Gasteiger charge is 2.25. The Morgan fingerprint density at radius 3 is 2.36 bits per heavy atom. The normalized spacial score (nSPS) is 21.4. The monoisotopic (exact) mass is 217 g/mol. The number of nitrogens with zero attached hydrogens (tertiary/aromatic N) is 1. The summed E-state index contributed by atoms with van der Waals surface area (Å²) >= 11 is 0. The molecule has 0 radical (unpaired) electrons. The first-order chi connectivity index (χ1) is 6.53. The minimum absolute atomic E-state index is 0.118. The molecule has 1 aliphatic rings. The smallest absolute Gasteiger partial charge is 0.216 e. The van der Waals surface area contributed by atoms with Crippen LogP contribution >= 0.6 is 0 Å². The molecule has 0 amide bonds. The fourth-order valence-corrected chi connectivity index (χ4v) is 2.47. The van der Waals surface area contributed by atoms with E-state index < -0.39 is 16.3 Å². The minimum atomic E-state index is -3.76. The fraction of sp³-hybridized carbons (Fsp3) is 0.875. The Labute approximate surface area is 84.5 Å². The third kappa shape index (κ3) is 3.62. The molecule has 80 valence electrons. The molecule has 0 aromatic rings. The van der Waals surface area contributed by atoms with Crippen molar-refractivity contribution in [2.45, 2.75) is 38.1 Å². The van der Waals surface area contributed by atoms with Crippen LogP contribution in [0.25, 0.3) is 0 Å². The summed E-state index contributed by atoms with van der Waals surface area (Å²) in [4.78, 5) is 0. The molecular weight excluding hydrogens is 202 g/mol. The highest BCUT2D eigenvalue weighted by Crippen LogP contribution is 2.26. The summed E-state index contributed by atoms with van der Waals surface area (Å²) in [7, 11) is -3.76. The van der Waals surface area contributed by atoms with Crippen molar-refractivity contribution in [3.8, 4) is 6.07 Å². The summed E-state index contributed by atoms with van der Waals surface area (Å²) < 4.78 is 23.7. The average Bonchev–Trinajstić information content (AvgIpc) is 2.14. The highest BCUT2D eigenvalue weighted by atomic mass is 32.2. The first-order valence-corrected chi connectivity index (χ1v) is 6.27. The van der Waals surface area contributed by atoms with E-state index in [0.29, 0.717) is 0 Å². The molecule has 6 heteroatoms. The van der Waals surface area contributed by atoms with Crippen LogP contribution in [0.5, 0.6) is 0 Å². The molecule has 5 nitrogen and oxygen atoms in total. The number of rotatable bonds is 3. The predicted molar refractivity (Wildman–Crippen MR) is 52.2 cm³/mol. The zero-order chi connectivity index (χ0) is 10.6. The van der Waals surface area contributed by atoms with Crippen LogP contribution < -0.4 is 9.86 Å². The van der Waals surface area contributed by atoms with Crippen LogP contribution in [-0.2, 0) is 10.2 Å². The van der Waals surface area contributed by atoms with Crippen molar-refractivity contribution in [3.63, 3.8) is 0 Å². The van der Waals surface area contributed by atoms with Crippen LogP contribution in [0.1, 0.15) is 32.1 Å². The van der Waals surface area contributed by atoms with E-state index in [2.05, 4.69) is 4.72 Å². The first kappa shape index (κ1) is 11.4. The number of hydrogen-bond acceptors (Lipinski definition) is 3. The van der Waals surface area contributed by atoms with E-state index in [-0.39, 0.29) is 5.92 Å². The maximum absolute atomic E-state index is 10.8. The summed E-state index contributed by atoms with van der Waals surface area (Å²) in [5, 5.41) is 13.6. The van der Waals surface area contributed by atoms with Gasteiger partial charge in [-0.05, 0) is 18.8 Å². The van der Waals surface area contributed by atoms with Crippen LogP contribution in [-0.4, -0.2) is 14.5 Å². The van der Waals surface area contributed by atoms with E-state index in [0.717, 1.165) is 25.7 Å². The standard InChI is InChI=1S/C8H15N3O2S/c9-6-8(11-14(10,12)13)7-4-2-1-3-5-7/h7-8,11H,1-5H2,(H2,10,12,13). The SMILES string of the molecule is N#CC(NS(N)(=O)=O)C1CCCCC1. The zero-order valence-electron chi connectivity index (χ0n) is 7.94. The molecule has 3 N–H and O–H groups in total. The van der Waals surface area contributed by atoms with Crippen molar-refractivity contribution in [3.05, 3.63) is 0 Å². The Morgan fingerprint density at radius 2 is 1.93 bits per heavy atom. The largest absolute Gasteiger partial charge is 0.275 e.